The zero-order valence-corrected chi connectivity index (χ0v) is 16.6. The summed E-state index contributed by atoms with van der Waals surface area (Å²) in [7, 11) is 0. The molecule has 0 aliphatic carbocycles. The Kier molecular flexibility index (Phi) is 6.32. The van der Waals surface area contributed by atoms with E-state index >= 15 is 0 Å². The van der Waals surface area contributed by atoms with E-state index in [9.17, 15) is 9.18 Å². The molecule has 3 N–H and O–H groups in total. The van der Waals surface area contributed by atoms with Gasteiger partial charge in [-0.3, -0.25) is 5.10 Å². The number of aromatic nitrogens is 4. The van der Waals surface area contributed by atoms with Crippen LogP contribution in [0.3, 0.4) is 0 Å². The number of carbonyl (C=O) groups is 1. The van der Waals surface area contributed by atoms with Crippen LogP contribution in [0.15, 0.2) is 65.2 Å². The van der Waals surface area contributed by atoms with Gasteiger partial charge in [0.1, 0.15) is 5.82 Å². The predicted octanol–water partition coefficient (Wildman–Crippen LogP) is 3.70. The van der Waals surface area contributed by atoms with Crippen molar-refractivity contribution in [1.29, 1.82) is 0 Å². The molecule has 8 nitrogen and oxygen atoms in total. The van der Waals surface area contributed by atoms with Crippen LogP contribution in [0.25, 0.3) is 22.6 Å². The molecule has 0 saturated carbocycles. The molecular formula is C22H21FN6O2. The molecule has 2 heterocycles. The van der Waals surface area contributed by atoms with E-state index in [2.05, 4.69) is 31.0 Å². The van der Waals surface area contributed by atoms with Crippen molar-refractivity contribution in [3.05, 3.63) is 78.1 Å². The summed E-state index contributed by atoms with van der Waals surface area (Å²) in [5.74, 6) is 0.559. The highest BCUT2D eigenvalue weighted by Gasteiger charge is 2.09. The van der Waals surface area contributed by atoms with E-state index in [4.69, 9.17) is 4.52 Å². The molecule has 0 aliphatic rings. The van der Waals surface area contributed by atoms with Crippen LogP contribution in [-0.4, -0.2) is 32.9 Å². The predicted molar refractivity (Wildman–Crippen MR) is 112 cm³/mol. The molecular weight excluding hydrogens is 399 g/mol. The molecule has 0 spiro atoms. The molecule has 2 amide bonds. The second-order valence-corrected chi connectivity index (χ2v) is 6.88. The first kappa shape index (κ1) is 20.3. The molecule has 158 valence electrons. The number of aromatic amines is 1. The van der Waals surface area contributed by atoms with Gasteiger partial charge < -0.3 is 15.2 Å². The van der Waals surface area contributed by atoms with Gasteiger partial charge in [-0.15, -0.1) is 0 Å². The quantitative estimate of drug-likeness (QED) is 0.377. The number of halogens is 1. The van der Waals surface area contributed by atoms with Crippen LogP contribution in [0, 0.1) is 5.82 Å². The molecule has 9 heteroatoms. The van der Waals surface area contributed by atoms with Crippen LogP contribution in [0.1, 0.15) is 18.0 Å². The average Bonchev–Trinajstić information content (AvgIpc) is 3.46. The van der Waals surface area contributed by atoms with Gasteiger partial charge in [-0.2, -0.15) is 10.1 Å². The number of nitrogens with one attached hydrogen (secondary N) is 3. The van der Waals surface area contributed by atoms with Crippen molar-refractivity contribution in [2.24, 2.45) is 0 Å². The van der Waals surface area contributed by atoms with Gasteiger partial charge in [0.05, 0.1) is 17.9 Å². The van der Waals surface area contributed by atoms with E-state index in [1.54, 1.807) is 12.1 Å². The third-order valence-electron chi connectivity index (χ3n) is 4.56. The summed E-state index contributed by atoms with van der Waals surface area (Å²) in [6.07, 6.45) is 1.16. The highest BCUT2D eigenvalue weighted by molar-refractivity contribution is 5.73. The first-order valence-electron chi connectivity index (χ1n) is 9.87. The summed E-state index contributed by atoms with van der Waals surface area (Å²) in [6, 6.07) is 17.3. The number of carbonyl (C=O) groups excluding carboxylic acids is 1. The lowest BCUT2D eigenvalue weighted by atomic mass is 10.1. The fourth-order valence-corrected chi connectivity index (χ4v) is 2.96. The maximum atomic E-state index is 13.0. The average molecular weight is 420 g/mol. The lowest BCUT2D eigenvalue weighted by Crippen LogP contribution is -2.35. The first-order chi connectivity index (χ1) is 15.2. The zero-order chi connectivity index (χ0) is 21.5. The summed E-state index contributed by atoms with van der Waals surface area (Å²) in [5.41, 5.74) is 3.34. The zero-order valence-electron chi connectivity index (χ0n) is 16.6. The number of rotatable bonds is 8. The van der Waals surface area contributed by atoms with Crippen molar-refractivity contribution in [2.75, 3.05) is 6.54 Å². The number of hydrogen-bond acceptors (Lipinski definition) is 5. The van der Waals surface area contributed by atoms with Crippen molar-refractivity contribution >= 4 is 6.03 Å². The molecule has 0 radical (unpaired) electrons. The molecule has 2 aromatic carbocycles. The van der Waals surface area contributed by atoms with Crippen molar-refractivity contribution in [1.82, 2.24) is 31.0 Å². The summed E-state index contributed by atoms with van der Waals surface area (Å²) < 4.78 is 18.2. The Morgan fingerprint density at radius 1 is 1.03 bits per heavy atom. The Hall–Kier alpha value is -4.01. The molecule has 0 aliphatic heterocycles. The van der Waals surface area contributed by atoms with Gasteiger partial charge >= 0.3 is 6.03 Å². The molecule has 0 fully saturated rings. The number of hydrogen-bond donors (Lipinski definition) is 3. The van der Waals surface area contributed by atoms with Crippen LogP contribution >= 0.6 is 0 Å². The van der Waals surface area contributed by atoms with E-state index in [1.807, 2.05) is 36.4 Å². The van der Waals surface area contributed by atoms with Gasteiger partial charge in [-0.05, 0) is 36.8 Å². The summed E-state index contributed by atoms with van der Waals surface area (Å²) in [6.45, 7) is 0.800. The highest BCUT2D eigenvalue weighted by atomic mass is 19.1. The van der Waals surface area contributed by atoms with Crippen molar-refractivity contribution in [3.63, 3.8) is 0 Å². The number of amides is 2. The van der Waals surface area contributed by atoms with Crippen LogP contribution < -0.4 is 10.6 Å². The Balaban J connectivity index is 1.17. The van der Waals surface area contributed by atoms with Crippen molar-refractivity contribution in [2.45, 2.75) is 19.4 Å². The Bertz CT molecular complexity index is 1120. The third kappa shape index (κ3) is 5.53. The van der Waals surface area contributed by atoms with Gasteiger partial charge in [-0.1, -0.05) is 35.5 Å². The lowest BCUT2D eigenvalue weighted by Gasteiger charge is -2.05. The Labute approximate surface area is 177 Å². The topological polar surface area (TPSA) is 109 Å². The molecule has 2 aromatic heterocycles. The Morgan fingerprint density at radius 3 is 2.65 bits per heavy atom. The Morgan fingerprint density at radius 2 is 1.84 bits per heavy atom. The SMILES string of the molecule is O=C(NCCCc1nc(-c2ccc(F)cc2)no1)NCc1cc(-c2ccccc2)n[nH]1. The number of urea groups is 1. The minimum absolute atomic E-state index is 0.270. The van der Waals surface area contributed by atoms with Crippen LogP contribution in [0.5, 0.6) is 0 Å². The van der Waals surface area contributed by atoms with E-state index in [-0.39, 0.29) is 11.8 Å². The molecule has 0 atom stereocenters. The van der Waals surface area contributed by atoms with Crippen molar-refractivity contribution < 1.29 is 13.7 Å². The molecule has 0 bridgehead atoms. The largest absolute Gasteiger partial charge is 0.339 e. The van der Waals surface area contributed by atoms with Gasteiger partial charge in [0.15, 0.2) is 0 Å². The monoisotopic (exact) mass is 420 g/mol. The second kappa shape index (κ2) is 9.66. The molecule has 4 aromatic rings. The molecule has 31 heavy (non-hydrogen) atoms. The smallest absolute Gasteiger partial charge is 0.315 e. The summed E-state index contributed by atoms with van der Waals surface area (Å²) in [5, 5.41) is 16.7. The van der Waals surface area contributed by atoms with Crippen LogP contribution in [0.2, 0.25) is 0 Å². The normalized spacial score (nSPS) is 10.7. The summed E-state index contributed by atoms with van der Waals surface area (Å²) in [4.78, 5) is 16.3. The standard InChI is InChI=1S/C22H21FN6O2/c23-17-10-8-16(9-11-17)21-26-20(31-29-21)7-4-12-24-22(30)25-14-18-13-19(28-27-18)15-5-2-1-3-6-15/h1-3,5-6,8-11,13H,4,7,12,14H2,(H,27,28)(H2,24,25,30). The minimum atomic E-state index is -0.319. The number of benzene rings is 2. The van der Waals surface area contributed by atoms with Gasteiger partial charge in [0, 0.05) is 24.1 Å². The van der Waals surface area contributed by atoms with Crippen LogP contribution in [-0.2, 0) is 13.0 Å². The van der Waals surface area contributed by atoms with Gasteiger partial charge in [0.2, 0.25) is 11.7 Å². The lowest BCUT2D eigenvalue weighted by molar-refractivity contribution is 0.240. The summed E-state index contributed by atoms with van der Waals surface area (Å²) >= 11 is 0. The fourth-order valence-electron chi connectivity index (χ4n) is 2.96. The number of aryl methyl sites for hydroxylation is 1. The van der Waals surface area contributed by atoms with E-state index in [0.717, 1.165) is 17.0 Å². The third-order valence-corrected chi connectivity index (χ3v) is 4.56. The maximum absolute atomic E-state index is 13.0. The highest BCUT2D eigenvalue weighted by Crippen LogP contribution is 2.17. The second-order valence-electron chi connectivity index (χ2n) is 6.88. The molecule has 4 rings (SSSR count). The van der Waals surface area contributed by atoms with E-state index < -0.39 is 0 Å². The van der Waals surface area contributed by atoms with E-state index in [1.165, 1.54) is 12.1 Å². The fraction of sp³-hybridized carbons (Fsp3) is 0.182. The number of nitrogens with zero attached hydrogens (tertiary/aromatic N) is 3. The number of H-pyrrole nitrogens is 1. The van der Waals surface area contributed by atoms with Crippen LogP contribution in [0.4, 0.5) is 9.18 Å². The maximum Gasteiger partial charge on any atom is 0.315 e. The minimum Gasteiger partial charge on any atom is -0.339 e. The molecule has 0 unspecified atom stereocenters. The first-order valence-corrected chi connectivity index (χ1v) is 9.87. The van der Waals surface area contributed by atoms with Gasteiger partial charge in [-0.25, -0.2) is 9.18 Å². The van der Waals surface area contributed by atoms with Crippen molar-refractivity contribution in [3.8, 4) is 22.6 Å². The molecule has 0 saturated heterocycles. The van der Waals surface area contributed by atoms with Gasteiger partial charge in [0.25, 0.3) is 0 Å². The van der Waals surface area contributed by atoms with E-state index in [0.29, 0.717) is 43.2 Å².